The third-order valence-electron chi connectivity index (χ3n) is 2.30. The topological polar surface area (TPSA) is 118 Å². The lowest BCUT2D eigenvalue weighted by Crippen LogP contribution is -2.10. The monoisotopic (exact) mass is 346 g/mol. The highest BCUT2D eigenvalue weighted by Crippen LogP contribution is 2.32. The van der Waals surface area contributed by atoms with Crippen LogP contribution in [-0.4, -0.2) is 25.9 Å². The number of allylic oxidation sites excluding steroid dienone is 1. The van der Waals surface area contributed by atoms with E-state index in [0.29, 0.717) is 5.39 Å². The van der Waals surface area contributed by atoms with Crippen molar-refractivity contribution in [3.63, 3.8) is 0 Å². The van der Waals surface area contributed by atoms with Crippen LogP contribution in [0.4, 0.5) is 0 Å². The summed E-state index contributed by atoms with van der Waals surface area (Å²) in [5, 5.41) is 0.531. The number of fused-ring (bicyclic) bond motifs is 1. The summed E-state index contributed by atoms with van der Waals surface area (Å²) in [4.78, 5) is -0.719. The van der Waals surface area contributed by atoms with Crippen LogP contribution in [0.25, 0.3) is 10.8 Å². The number of benzene rings is 2. The lowest BCUT2D eigenvalue weighted by Gasteiger charge is -2.09. The van der Waals surface area contributed by atoms with Gasteiger partial charge in [-0.15, -0.1) is 6.58 Å². The molecule has 9 heteroatoms. The zero-order valence-corrected chi connectivity index (χ0v) is 13.1. The molecule has 0 saturated carbocycles. The average molecular weight is 346 g/mol. The first-order chi connectivity index (χ1) is 10.1. The van der Waals surface area contributed by atoms with E-state index in [1.54, 1.807) is 18.2 Å². The molecule has 2 N–H and O–H groups in total. The van der Waals surface area contributed by atoms with Gasteiger partial charge < -0.3 is 4.18 Å². The predicted octanol–water partition coefficient (Wildman–Crippen LogP) is 2.46. The molecule has 0 radical (unpaired) electrons. The Morgan fingerprint density at radius 3 is 2.09 bits per heavy atom. The fourth-order valence-electron chi connectivity index (χ4n) is 1.67. The molecule has 22 heavy (non-hydrogen) atoms. The SMILES string of the molecule is C=CC.O=S(=O)(O)Oc1ccc2ccccc2c1S(=O)(=O)O. The van der Waals surface area contributed by atoms with Crippen molar-refractivity contribution in [2.45, 2.75) is 11.8 Å². The van der Waals surface area contributed by atoms with Gasteiger partial charge in [-0.3, -0.25) is 9.11 Å². The Morgan fingerprint density at radius 2 is 1.59 bits per heavy atom. The van der Waals surface area contributed by atoms with Crippen LogP contribution in [-0.2, 0) is 20.5 Å². The van der Waals surface area contributed by atoms with Crippen molar-refractivity contribution in [2.24, 2.45) is 0 Å². The van der Waals surface area contributed by atoms with E-state index < -0.39 is 31.2 Å². The summed E-state index contributed by atoms with van der Waals surface area (Å²) in [6, 6.07) is 8.51. The molecule has 2 aromatic rings. The Kier molecular flexibility index (Phi) is 5.66. The fraction of sp³-hybridized carbons (Fsp3) is 0.0769. The van der Waals surface area contributed by atoms with E-state index in [-0.39, 0.29) is 5.39 Å². The second-order valence-corrected chi connectivity index (χ2v) is 6.39. The Bertz CT molecular complexity index is 884. The maximum atomic E-state index is 11.4. The van der Waals surface area contributed by atoms with Crippen molar-refractivity contribution in [2.75, 3.05) is 0 Å². The van der Waals surface area contributed by atoms with E-state index in [0.717, 1.165) is 6.07 Å². The van der Waals surface area contributed by atoms with E-state index in [1.165, 1.54) is 18.2 Å². The first-order valence-electron chi connectivity index (χ1n) is 5.83. The highest BCUT2D eigenvalue weighted by atomic mass is 32.3. The Balaban J connectivity index is 0.000000745. The first kappa shape index (κ1) is 18.1. The van der Waals surface area contributed by atoms with E-state index in [9.17, 15) is 21.4 Å². The maximum absolute atomic E-state index is 11.4. The zero-order chi connectivity index (χ0) is 17.0. The molecule has 0 aliphatic heterocycles. The Labute approximate surface area is 128 Å². The van der Waals surface area contributed by atoms with Gasteiger partial charge in [-0.2, -0.15) is 16.8 Å². The van der Waals surface area contributed by atoms with E-state index in [1.807, 2.05) is 6.92 Å². The van der Waals surface area contributed by atoms with Crippen LogP contribution in [0.15, 0.2) is 53.9 Å². The van der Waals surface area contributed by atoms with Crippen molar-refractivity contribution in [1.82, 2.24) is 0 Å². The van der Waals surface area contributed by atoms with Gasteiger partial charge >= 0.3 is 10.4 Å². The highest BCUT2D eigenvalue weighted by Gasteiger charge is 2.23. The normalized spacial score (nSPS) is 11.4. The van der Waals surface area contributed by atoms with E-state index >= 15 is 0 Å². The summed E-state index contributed by atoms with van der Waals surface area (Å²) in [6.45, 7) is 5.25. The summed E-state index contributed by atoms with van der Waals surface area (Å²) in [7, 11) is -9.64. The molecule has 0 unspecified atom stereocenters. The molecule has 0 aliphatic rings. The molecule has 0 heterocycles. The minimum atomic E-state index is -4.90. The molecule has 2 aromatic carbocycles. The van der Waals surface area contributed by atoms with Crippen molar-refractivity contribution >= 4 is 31.3 Å². The molecular weight excluding hydrogens is 332 g/mol. The predicted molar refractivity (Wildman–Crippen MR) is 81.8 cm³/mol. The molecule has 0 saturated heterocycles. The third-order valence-corrected chi connectivity index (χ3v) is 3.62. The summed E-state index contributed by atoms with van der Waals surface area (Å²) in [6.07, 6.45) is 1.75. The lowest BCUT2D eigenvalue weighted by atomic mass is 10.1. The number of hydrogen-bond donors (Lipinski definition) is 2. The van der Waals surface area contributed by atoms with E-state index in [4.69, 9.17) is 4.55 Å². The standard InChI is InChI=1S/C10H8O7S2.C3H6/c11-18(12,13)10-8-4-2-1-3-7(8)5-6-9(10)17-19(14,15)16;1-3-2/h1-6H,(H,11,12,13)(H,14,15,16);3H,1H2,2H3. The largest absolute Gasteiger partial charge is 0.446 e. The smallest absolute Gasteiger partial charge is 0.360 e. The quantitative estimate of drug-likeness (QED) is 0.647. The number of hydrogen-bond acceptors (Lipinski definition) is 5. The Hall–Kier alpha value is -1.94. The van der Waals surface area contributed by atoms with Crippen molar-refractivity contribution in [1.29, 1.82) is 0 Å². The fourth-order valence-corrected chi connectivity index (χ4v) is 2.91. The minimum absolute atomic E-state index is 0.0751. The van der Waals surface area contributed by atoms with Crippen LogP contribution in [0.1, 0.15) is 6.92 Å². The molecular formula is C13H14O7S2. The van der Waals surface area contributed by atoms with Gasteiger partial charge in [0.25, 0.3) is 10.1 Å². The number of rotatable bonds is 3. The molecule has 0 fully saturated rings. The molecule has 7 nitrogen and oxygen atoms in total. The van der Waals surface area contributed by atoms with Gasteiger partial charge in [0, 0.05) is 5.39 Å². The van der Waals surface area contributed by atoms with Crippen LogP contribution in [0, 0.1) is 0 Å². The summed E-state index contributed by atoms with van der Waals surface area (Å²) in [5.74, 6) is -0.677. The van der Waals surface area contributed by atoms with Gasteiger partial charge in [-0.1, -0.05) is 36.4 Å². The van der Waals surface area contributed by atoms with Gasteiger partial charge in [0.1, 0.15) is 4.90 Å². The second kappa shape index (κ2) is 6.88. The van der Waals surface area contributed by atoms with Crippen molar-refractivity contribution in [3.05, 3.63) is 49.1 Å². The van der Waals surface area contributed by atoms with Gasteiger partial charge in [-0.25, -0.2) is 0 Å². The summed E-state index contributed by atoms with van der Waals surface area (Å²) < 4.78 is 66.0. The summed E-state index contributed by atoms with van der Waals surface area (Å²) >= 11 is 0. The molecule has 2 rings (SSSR count). The van der Waals surface area contributed by atoms with Crippen LogP contribution < -0.4 is 4.18 Å². The second-order valence-electron chi connectivity index (χ2n) is 4.01. The van der Waals surface area contributed by atoms with Crippen LogP contribution in [0.5, 0.6) is 5.75 Å². The average Bonchev–Trinajstić information content (AvgIpc) is 2.36. The van der Waals surface area contributed by atoms with Crippen molar-refractivity contribution in [3.8, 4) is 5.75 Å². The molecule has 120 valence electrons. The van der Waals surface area contributed by atoms with E-state index in [2.05, 4.69) is 10.8 Å². The van der Waals surface area contributed by atoms with Crippen LogP contribution in [0.2, 0.25) is 0 Å². The first-order valence-corrected chi connectivity index (χ1v) is 8.64. The van der Waals surface area contributed by atoms with Crippen LogP contribution in [0.3, 0.4) is 0 Å². The third kappa shape index (κ3) is 4.81. The molecule has 0 bridgehead atoms. The molecule has 0 aliphatic carbocycles. The maximum Gasteiger partial charge on any atom is 0.446 e. The van der Waals surface area contributed by atoms with Gasteiger partial charge in [-0.05, 0) is 18.4 Å². The van der Waals surface area contributed by atoms with Crippen molar-refractivity contribution < 1.29 is 30.1 Å². The van der Waals surface area contributed by atoms with Gasteiger partial charge in [0.2, 0.25) is 0 Å². The lowest BCUT2D eigenvalue weighted by molar-refractivity contribution is 0.382. The zero-order valence-electron chi connectivity index (χ0n) is 11.5. The summed E-state index contributed by atoms with van der Waals surface area (Å²) in [5.41, 5.74) is 0. The Morgan fingerprint density at radius 1 is 1.05 bits per heavy atom. The van der Waals surface area contributed by atoms with Crippen LogP contribution >= 0.6 is 0 Å². The molecule has 0 aromatic heterocycles. The minimum Gasteiger partial charge on any atom is -0.360 e. The highest BCUT2D eigenvalue weighted by molar-refractivity contribution is 7.86. The molecule has 0 amide bonds. The van der Waals surface area contributed by atoms with Gasteiger partial charge in [0.05, 0.1) is 0 Å². The van der Waals surface area contributed by atoms with Gasteiger partial charge in [0.15, 0.2) is 5.75 Å². The molecule has 0 atom stereocenters. The molecule has 0 spiro atoms.